The number of H-pyrrole nitrogens is 1. The van der Waals surface area contributed by atoms with Crippen LogP contribution in [0.25, 0.3) is 0 Å². The summed E-state index contributed by atoms with van der Waals surface area (Å²) in [5.41, 5.74) is 0.904. The van der Waals surface area contributed by atoms with Gasteiger partial charge in [0.15, 0.2) is 6.16 Å². The largest absolute Gasteiger partial charge is 0.505 e. The van der Waals surface area contributed by atoms with Crippen LogP contribution in [0, 0.1) is 12.8 Å². The molecule has 0 bridgehead atoms. The van der Waals surface area contributed by atoms with Crippen LogP contribution in [0.3, 0.4) is 0 Å². The fourth-order valence-electron chi connectivity index (χ4n) is 5.46. The van der Waals surface area contributed by atoms with Gasteiger partial charge in [-0.2, -0.15) is 4.89 Å². The number of nitrogens with one attached hydrogen (secondary N) is 1. The van der Waals surface area contributed by atoms with Gasteiger partial charge in [-0.1, -0.05) is 72.8 Å². The summed E-state index contributed by atoms with van der Waals surface area (Å²) < 4.78 is 32.0. The van der Waals surface area contributed by atoms with E-state index in [1.54, 1.807) is 14.0 Å². The van der Waals surface area contributed by atoms with Crippen molar-refractivity contribution < 1.29 is 23.7 Å². The second kappa shape index (κ2) is 12.3. The van der Waals surface area contributed by atoms with Crippen molar-refractivity contribution in [1.29, 1.82) is 0 Å². The zero-order valence-electron chi connectivity index (χ0n) is 22.8. The van der Waals surface area contributed by atoms with Crippen molar-refractivity contribution >= 4 is 8.03 Å². The molecule has 1 unspecified atom stereocenters. The molecule has 0 aliphatic carbocycles. The summed E-state index contributed by atoms with van der Waals surface area (Å²) in [7, 11) is -0.852. The Balaban J connectivity index is 1.56. The molecule has 10 heteroatoms. The van der Waals surface area contributed by atoms with Gasteiger partial charge in [-0.25, -0.2) is 4.79 Å². The summed E-state index contributed by atoms with van der Waals surface area (Å²) in [5.74, 6) is 0.340. The van der Waals surface area contributed by atoms with Crippen molar-refractivity contribution in [3.05, 3.63) is 134 Å². The first-order chi connectivity index (χ1) is 19.8. The number of ether oxygens (including phenoxy) is 3. The first-order valence-electron chi connectivity index (χ1n) is 13.3. The van der Waals surface area contributed by atoms with Crippen LogP contribution in [0.5, 0.6) is 5.75 Å². The Morgan fingerprint density at radius 2 is 1.56 bits per heavy atom. The number of aromatic amines is 1. The molecular formula is C31H32N2O7P+. The van der Waals surface area contributed by atoms with Crippen LogP contribution in [0.1, 0.15) is 34.9 Å². The van der Waals surface area contributed by atoms with Crippen molar-refractivity contribution in [2.24, 2.45) is 5.92 Å². The van der Waals surface area contributed by atoms with E-state index >= 15 is 0 Å². The Morgan fingerprint density at radius 3 is 2.12 bits per heavy atom. The summed E-state index contributed by atoms with van der Waals surface area (Å²) in [5, 5.41) is 0. The molecule has 1 saturated heterocycles. The van der Waals surface area contributed by atoms with Crippen molar-refractivity contribution in [1.82, 2.24) is 9.55 Å². The second-order valence-electron chi connectivity index (χ2n) is 10.1. The molecule has 1 aliphatic rings. The highest BCUT2D eigenvalue weighted by Crippen LogP contribution is 2.43. The highest BCUT2D eigenvalue weighted by atomic mass is 31.1. The van der Waals surface area contributed by atoms with Gasteiger partial charge in [0.1, 0.15) is 17.6 Å². The fraction of sp³-hybridized carbons (Fsp3) is 0.290. The lowest BCUT2D eigenvalue weighted by atomic mass is 9.80. The van der Waals surface area contributed by atoms with Gasteiger partial charge in [0, 0.05) is 24.1 Å². The Morgan fingerprint density at radius 1 is 0.976 bits per heavy atom. The molecule has 0 radical (unpaired) electrons. The number of benzene rings is 3. The molecule has 9 nitrogen and oxygen atoms in total. The summed E-state index contributed by atoms with van der Waals surface area (Å²) in [6, 6.07) is 27.4. The molecule has 5 rings (SSSR count). The molecule has 4 aromatic rings. The van der Waals surface area contributed by atoms with Gasteiger partial charge in [-0.3, -0.25) is 14.3 Å². The lowest BCUT2D eigenvalue weighted by Gasteiger charge is -2.37. The van der Waals surface area contributed by atoms with Crippen LogP contribution in [0.15, 0.2) is 101 Å². The molecule has 0 amide bonds. The number of hydrogen-bond donors (Lipinski definition) is 2. The third-order valence-electron chi connectivity index (χ3n) is 7.53. The monoisotopic (exact) mass is 575 g/mol. The maximum absolute atomic E-state index is 12.6. The molecule has 2 heterocycles. The lowest BCUT2D eigenvalue weighted by molar-refractivity contribution is -0.0835. The van der Waals surface area contributed by atoms with E-state index in [9.17, 15) is 19.0 Å². The van der Waals surface area contributed by atoms with E-state index in [1.165, 1.54) is 10.8 Å². The minimum atomic E-state index is -2.47. The predicted octanol–water partition coefficient (Wildman–Crippen LogP) is 4.50. The average Bonchev–Trinajstić information content (AvgIpc) is 3.38. The van der Waals surface area contributed by atoms with E-state index in [2.05, 4.69) is 4.98 Å². The molecule has 4 atom stereocenters. The SMILES string of the molecule is COc1ccc(C(OC[C@H]2O[C@@H](n3cc(C)c(=O)[nH]c3=O)C[C@@H]2C[P+](=O)O)(c2ccccc2)c2ccccc2)cc1. The third kappa shape index (κ3) is 5.94. The van der Waals surface area contributed by atoms with E-state index < -0.39 is 37.2 Å². The van der Waals surface area contributed by atoms with Crippen molar-refractivity contribution in [2.75, 3.05) is 19.9 Å². The zero-order valence-corrected chi connectivity index (χ0v) is 23.7. The van der Waals surface area contributed by atoms with E-state index in [-0.39, 0.29) is 18.7 Å². The van der Waals surface area contributed by atoms with Crippen LogP contribution in [-0.4, -0.2) is 40.4 Å². The highest BCUT2D eigenvalue weighted by Gasteiger charge is 2.44. The molecule has 1 aliphatic heterocycles. The summed E-state index contributed by atoms with van der Waals surface area (Å²) in [6.45, 7) is 1.67. The van der Waals surface area contributed by atoms with Crippen molar-refractivity contribution in [3.8, 4) is 5.75 Å². The number of rotatable bonds is 10. The molecule has 212 valence electrons. The Hall–Kier alpha value is -3.88. The predicted molar refractivity (Wildman–Crippen MR) is 154 cm³/mol. The van der Waals surface area contributed by atoms with Gasteiger partial charge < -0.3 is 14.2 Å². The Labute approximate surface area is 238 Å². The first-order valence-corrected chi connectivity index (χ1v) is 14.7. The summed E-state index contributed by atoms with van der Waals surface area (Å²) in [6.07, 6.45) is 0.433. The molecule has 41 heavy (non-hydrogen) atoms. The van der Waals surface area contributed by atoms with Gasteiger partial charge >= 0.3 is 13.7 Å². The van der Waals surface area contributed by atoms with E-state index in [0.29, 0.717) is 17.7 Å². The maximum atomic E-state index is 12.6. The standard InChI is InChI=1S/C31H31N2O7P/c1-21-18-33(30(35)32-29(21)34)28-17-22(20-41(36)37)27(40-28)19-39-31(23-9-5-3-6-10-23,24-11-7-4-8-12-24)25-13-15-26(38-2)16-14-25/h3-16,18,22,27-28H,17,19-20H2,1-2H3,(H-,32,34,35,36,37)/p+1/t22-,27-,28-/m1/s1. The number of hydrogen-bond acceptors (Lipinski definition) is 6. The van der Waals surface area contributed by atoms with Crippen LogP contribution < -0.4 is 16.0 Å². The molecular weight excluding hydrogens is 543 g/mol. The normalized spacial score (nSPS) is 19.2. The number of aryl methyl sites for hydroxylation is 1. The summed E-state index contributed by atoms with van der Waals surface area (Å²) >= 11 is 0. The van der Waals surface area contributed by atoms with Crippen LogP contribution in [0.4, 0.5) is 0 Å². The number of aromatic nitrogens is 2. The van der Waals surface area contributed by atoms with Crippen molar-refractivity contribution in [3.63, 3.8) is 0 Å². The first kappa shape index (κ1) is 28.6. The molecule has 1 aromatic heterocycles. The lowest BCUT2D eigenvalue weighted by Crippen LogP contribution is -2.37. The summed E-state index contributed by atoms with van der Waals surface area (Å²) in [4.78, 5) is 36.7. The minimum absolute atomic E-state index is 0.0108. The third-order valence-corrected chi connectivity index (χ3v) is 8.31. The number of methoxy groups -OCH3 is 1. The highest BCUT2D eigenvalue weighted by molar-refractivity contribution is 7.38. The molecule has 3 aromatic carbocycles. The van der Waals surface area contributed by atoms with Gasteiger partial charge in [0.2, 0.25) is 0 Å². The number of nitrogens with zero attached hydrogens (tertiary/aromatic N) is 1. The zero-order chi connectivity index (χ0) is 29.0. The second-order valence-corrected chi connectivity index (χ2v) is 11.2. The van der Waals surface area contributed by atoms with Crippen LogP contribution in [-0.2, 0) is 19.6 Å². The molecule has 0 saturated carbocycles. The smallest absolute Gasteiger partial charge is 0.497 e. The topological polar surface area (TPSA) is 120 Å². The van der Waals surface area contributed by atoms with Gasteiger partial charge in [-0.05, 0) is 40.3 Å². The van der Waals surface area contributed by atoms with E-state index in [0.717, 1.165) is 16.7 Å². The van der Waals surface area contributed by atoms with Crippen LogP contribution in [0.2, 0.25) is 0 Å². The van der Waals surface area contributed by atoms with E-state index in [4.69, 9.17) is 14.2 Å². The van der Waals surface area contributed by atoms with Gasteiger partial charge in [-0.15, -0.1) is 0 Å². The van der Waals surface area contributed by atoms with Crippen molar-refractivity contribution in [2.45, 2.75) is 31.3 Å². The van der Waals surface area contributed by atoms with Gasteiger partial charge in [0.05, 0.1) is 19.8 Å². The minimum Gasteiger partial charge on any atom is -0.497 e. The quantitative estimate of drug-likeness (QED) is 0.211. The molecule has 1 fully saturated rings. The van der Waals surface area contributed by atoms with Crippen LogP contribution >= 0.6 is 8.03 Å². The molecule has 2 N–H and O–H groups in total. The fourth-order valence-corrected chi connectivity index (χ4v) is 6.24. The van der Waals surface area contributed by atoms with Gasteiger partial charge in [0.25, 0.3) is 5.56 Å². The maximum Gasteiger partial charge on any atom is 0.505 e. The average molecular weight is 576 g/mol. The van der Waals surface area contributed by atoms with E-state index in [1.807, 2.05) is 84.9 Å². The Kier molecular flexibility index (Phi) is 8.61. The molecule has 0 spiro atoms. The Bertz CT molecular complexity index is 1560.